The van der Waals surface area contributed by atoms with E-state index in [2.05, 4.69) is 5.32 Å². The Balaban J connectivity index is 1.69. The van der Waals surface area contributed by atoms with Crippen LogP contribution in [-0.4, -0.2) is 11.9 Å². The summed E-state index contributed by atoms with van der Waals surface area (Å²) in [6.45, 7) is 0.102. The molecular formula is C23H19NO4. The Morgan fingerprint density at radius 3 is 2.32 bits per heavy atom. The number of rotatable bonds is 7. The normalized spacial score (nSPS) is 11.4. The van der Waals surface area contributed by atoms with E-state index < -0.39 is 11.9 Å². The Hall–Kier alpha value is -3.86. The molecular weight excluding hydrogens is 354 g/mol. The lowest BCUT2D eigenvalue weighted by molar-refractivity contribution is -0.141. The molecule has 0 radical (unpaired) electrons. The van der Waals surface area contributed by atoms with Gasteiger partial charge in [0.2, 0.25) is 5.91 Å². The molecule has 28 heavy (non-hydrogen) atoms. The first-order valence-electron chi connectivity index (χ1n) is 8.71. The second kappa shape index (κ2) is 9.73. The summed E-state index contributed by atoms with van der Waals surface area (Å²) in [6.07, 6.45) is 5.93. The molecule has 1 amide bonds. The zero-order valence-corrected chi connectivity index (χ0v) is 15.1. The molecule has 5 heteroatoms. The third kappa shape index (κ3) is 5.85. The van der Waals surface area contributed by atoms with E-state index in [9.17, 15) is 9.59 Å². The Morgan fingerprint density at radius 2 is 1.64 bits per heavy atom. The van der Waals surface area contributed by atoms with Crippen molar-refractivity contribution < 1.29 is 18.7 Å². The first-order valence-corrected chi connectivity index (χ1v) is 8.71. The predicted octanol–water partition coefficient (Wildman–Crippen LogP) is 4.19. The van der Waals surface area contributed by atoms with Gasteiger partial charge in [0.1, 0.15) is 18.1 Å². The number of hydrogen-bond donors (Lipinski definition) is 1. The molecule has 1 heterocycles. The van der Waals surface area contributed by atoms with E-state index in [-0.39, 0.29) is 12.3 Å². The van der Waals surface area contributed by atoms with Crippen LogP contribution in [0.15, 0.2) is 95.2 Å². The van der Waals surface area contributed by atoms with Crippen LogP contribution in [0.2, 0.25) is 0 Å². The standard InChI is InChI=1S/C23H19NO4/c25-22(14-13-18-8-3-1-4-9-18)24-21(16-20-12-7-15-27-20)23(26)28-17-19-10-5-2-6-11-19/h1-16H,17H2,(H,24,25)/b14-13+,21-16+. The van der Waals surface area contributed by atoms with Crippen LogP contribution >= 0.6 is 0 Å². The Morgan fingerprint density at radius 1 is 0.929 bits per heavy atom. The fourth-order valence-electron chi connectivity index (χ4n) is 2.37. The van der Waals surface area contributed by atoms with Gasteiger partial charge in [0, 0.05) is 12.2 Å². The van der Waals surface area contributed by atoms with E-state index in [0.717, 1.165) is 11.1 Å². The van der Waals surface area contributed by atoms with E-state index in [1.807, 2.05) is 60.7 Å². The van der Waals surface area contributed by atoms with Gasteiger partial charge in [0.05, 0.1) is 6.26 Å². The van der Waals surface area contributed by atoms with E-state index in [1.54, 1.807) is 18.2 Å². The monoisotopic (exact) mass is 373 g/mol. The third-order valence-corrected chi connectivity index (χ3v) is 3.75. The Labute approximate surface area is 163 Å². The van der Waals surface area contributed by atoms with Crippen molar-refractivity contribution in [3.05, 3.63) is 108 Å². The first-order chi connectivity index (χ1) is 13.7. The molecule has 0 saturated carbocycles. The third-order valence-electron chi connectivity index (χ3n) is 3.75. The average molecular weight is 373 g/mol. The molecule has 0 bridgehead atoms. The molecule has 1 aromatic heterocycles. The second-order valence-corrected chi connectivity index (χ2v) is 5.87. The maximum absolute atomic E-state index is 12.5. The van der Waals surface area contributed by atoms with Crippen molar-refractivity contribution >= 4 is 24.0 Å². The van der Waals surface area contributed by atoms with E-state index in [1.165, 1.54) is 18.4 Å². The Kier molecular flexibility index (Phi) is 6.57. The zero-order valence-electron chi connectivity index (χ0n) is 15.1. The molecule has 0 saturated heterocycles. The second-order valence-electron chi connectivity index (χ2n) is 5.87. The number of benzene rings is 2. The Bertz CT molecular complexity index is 958. The summed E-state index contributed by atoms with van der Waals surface area (Å²) in [4.78, 5) is 24.7. The molecule has 0 aliphatic heterocycles. The van der Waals surface area contributed by atoms with Crippen LogP contribution in [0.3, 0.4) is 0 Å². The number of esters is 1. The molecule has 3 aromatic rings. The highest BCUT2D eigenvalue weighted by Gasteiger charge is 2.14. The van der Waals surface area contributed by atoms with Crippen molar-refractivity contribution in [2.24, 2.45) is 0 Å². The number of nitrogens with one attached hydrogen (secondary N) is 1. The summed E-state index contributed by atoms with van der Waals surface area (Å²) < 4.78 is 10.5. The molecule has 2 aromatic carbocycles. The van der Waals surface area contributed by atoms with Crippen LogP contribution in [0.1, 0.15) is 16.9 Å². The van der Waals surface area contributed by atoms with Gasteiger partial charge in [-0.3, -0.25) is 4.79 Å². The molecule has 0 aliphatic rings. The van der Waals surface area contributed by atoms with Crippen molar-refractivity contribution in [2.45, 2.75) is 6.61 Å². The molecule has 140 valence electrons. The summed E-state index contributed by atoms with van der Waals surface area (Å²) in [7, 11) is 0. The molecule has 0 unspecified atom stereocenters. The molecule has 0 atom stereocenters. The topological polar surface area (TPSA) is 68.5 Å². The highest BCUT2D eigenvalue weighted by atomic mass is 16.5. The van der Waals surface area contributed by atoms with Crippen LogP contribution in [0.25, 0.3) is 12.2 Å². The summed E-state index contributed by atoms with van der Waals surface area (Å²) >= 11 is 0. The molecule has 1 N–H and O–H groups in total. The molecule has 0 aliphatic carbocycles. The van der Waals surface area contributed by atoms with Gasteiger partial charge in [-0.25, -0.2) is 4.79 Å². The van der Waals surface area contributed by atoms with Gasteiger partial charge in [0.25, 0.3) is 0 Å². The van der Waals surface area contributed by atoms with E-state index in [0.29, 0.717) is 5.76 Å². The molecule has 5 nitrogen and oxygen atoms in total. The lowest BCUT2D eigenvalue weighted by atomic mass is 10.2. The molecule has 0 fully saturated rings. The summed E-state index contributed by atoms with van der Waals surface area (Å²) in [5.41, 5.74) is 1.72. The van der Waals surface area contributed by atoms with Crippen LogP contribution in [0.5, 0.6) is 0 Å². The summed E-state index contributed by atoms with van der Waals surface area (Å²) in [5.74, 6) is -0.668. The number of carbonyl (C=O) groups excluding carboxylic acids is 2. The van der Waals surface area contributed by atoms with Crippen LogP contribution < -0.4 is 5.32 Å². The zero-order chi connectivity index (χ0) is 19.6. The van der Waals surface area contributed by atoms with E-state index in [4.69, 9.17) is 9.15 Å². The van der Waals surface area contributed by atoms with Gasteiger partial charge in [-0.1, -0.05) is 60.7 Å². The fraction of sp³-hybridized carbons (Fsp3) is 0.0435. The number of amides is 1. The molecule has 0 spiro atoms. The molecule has 3 rings (SSSR count). The van der Waals surface area contributed by atoms with Crippen molar-refractivity contribution in [1.29, 1.82) is 0 Å². The van der Waals surface area contributed by atoms with Gasteiger partial charge in [-0.2, -0.15) is 0 Å². The van der Waals surface area contributed by atoms with Gasteiger partial charge >= 0.3 is 5.97 Å². The van der Waals surface area contributed by atoms with E-state index >= 15 is 0 Å². The van der Waals surface area contributed by atoms with Crippen molar-refractivity contribution in [3.63, 3.8) is 0 Å². The lowest BCUT2D eigenvalue weighted by Crippen LogP contribution is -2.27. The van der Waals surface area contributed by atoms with Crippen LogP contribution in [-0.2, 0) is 20.9 Å². The van der Waals surface area contributed by atoms with Crippen molar-refractivity contribution in [1.82, 2.24) is 5.32 Å². The quantitative estimate of drug-likeness (QED) is 0.498. The summed E-state index contributed by atoms with van der Waals surface area (Å²) in [6, 6.07) is 22.1. The predicted molar refractivity (Wildman–Crippen MR) is 107 cm³/mol. The van der Waals surface area contributed by atoms with Crippen LogP contribution in [0, 0.1) is 0 Å². The minimum Gasteiger partial charge on any atom is -0.465 e. The van der Waals surface area contributed by atoms with Gasteiger partial charge < -0.3 is 14.5 Å². The average Bonchev–Trinajstić information content (AvgIpc) is 3.25. The number of carbonyl (C=O) groups is 2. The summed E-state index contributed by atoms with van der Waals surface area (Å²) in [5, 5.41) is 2.56. The highest BCUT2D eigenvalue weighted by Crippen LogP contribution is 2.09. The van der Waals surface area contributed by atoms with Gasteiger partial charge in [-0.05, 0) is 29.3 Å². The number of furan rings is 1. The largest absolute Gasteiger partial charge is 0.465 e. The lowest BCUT2D eigenvalue weighted by Gasteiger charge is -2.09. The maximum atomic E-state index is 12.5. The minimum atomic E-state index is -0.651. The van der Waals surface area contributed by atoms with Crippen molar-refractivity contribution in [2.75, 3.05) is 0 Å². The highest BCUT2D eigenvalue weighted by molar-refractivity contribution is 6.01. The number of hydrogen-bond acceptors (Lipinski definition) is 4. The van der Waals surface area contributed by atoms with Gasteiger partial charge in [0.15, 0.2) is 0 Å². The first kappa shape index (κ1) is 18.9. The SMILES string of the molecule is O=C(/C=C/c1ccccc1)N/C(=C/c1ccco1)C(=O)OCc1ccccc1. The maximum Gasteiger partial charge on any atom is 0.355 e. The fourth-order valence-corrected chi connectivity index (χ4v) is 2.37. The minimum absolute atomic E-state index is 0.00593. The number of ether oxygens (including phenoxy) is 1. The van der Waals surface area contributed by atoms with Crippen LogP contribution in [0.4, 0.5) is 0 Å². The smallest absolute Gasteiger partial charge is 0.355 e. The van der Waals surface area contributed by atoms with Crippen molar-refractivity contribution in [3.8, 4) is 0 Å². The van der Waals surface area contributed by atoms with Gasteiger partial charge in [-0.15, -0.1) is 0 Å².